The van der Waals surface area contributed by atoms with Crippen molar-refractivity contribution in [3.8, 4) is 0 Å². The van der Waals surface area contributed by atoms with E-state index < -0.39 is 0 Å². The van der Waals surface area contributed by atoms with Gasteiger partial charge in [-0.15, -0.1) is 0 Å². The van der Waals surface area contributed by atoms with Crippen LogP contribution < -0.4 is 0 Å². The quantitative estimate of drug-likeness (QED) is 0.616. The highest BCUT2D eigenvalue weighted by Crippen LogP contribution is 2.15. The van der Waals surface area contributed by atoms with Gasteiger partial charge in [-0.1, -0.05) is 0 Å². The number of hydrazine groups is 1. The predicted molar refractivity (Wildman–Crippen MR) is 56.1 cm³/mol. The van der Waals surface area contributed by atoms with Crippen molar-refractivity contribution in [3.63, 3.8) is 0 Å². The average molecular weight is 199 g/mol. The van der Waals surface area contributed by atoms with Crippen LogP contribution in [-0.2, 0) is 4.74 Å². The fourth-order valence-corrected chi connectivity index (χ4v) is 2.24. The van der Waals surface area contributed by atoms with E-state index in [0.29, 0.717) is 6.10 Å². The summed E-state index contributed by atoms with van der Waals surface area (Å²) < 4.78 is 5.37. The van der Waals surface area contributed by atoms with Gasteiger partial charge in [-0.05, 0) is 13.5 Å². The molecule has 0 spiro atoms. The van der Waals surface area contributed by atoms with Crippen molar-refractivity contribution in [2.24, 2.45) is 0 Å². The molecule has 4 heteroatoms. The molecule has 2 heterocycles. The van der Waals surface area contributed by atoms with Crippen LogP contribution in [0.3, 0.4) is 0 Å². The molecule has 2 fully saturated rings. The van der Waals surface area contributed by atoms with E-state index in [1.165, 1.54) is 39.1 Å². The van der Waals surface area contributed by atoms with E-state index >= 15 is 0 Å². The van der Waals surface area contributed by atoms with Crippen molar-refractivity contribution in [3.05, 3.63) is 0 Å². The predicted octanol–water partition coefficient (Wildman–Crippen LogP) is -0.130. The Bertz CT molecular complexity index is 180. The summed E-state index contributed by atoms with van der Waals surface area (Å²) in [5.41, 5.74) is 0. The second-order valence-electron chi connectivity index (χ2n) is 4.32. The summed E-state index contributed by atoms with van der Waals surface area (Å²) in [5, 5.41) is 4.94. The van der Waals surface area contributed by atoms with Gasteiger partial charge in [0.15, 0.2) is 0 Å². The highest BCUT2D eigenvalue weighted by molar-refractivity contribution is 4.77. The van der Waals surface area contributed by atoms with Gasteiger partial charge in [0.1, 0.15) is 0 Å². The Morgan fingerprint density at radius 3 is 2.29 bits per heavy atom. The van der Waals surface area contributed by atoms with Gasteiger partial charge in [-0.3, -0.25) is 0 Å². The third kappa shape index (κ3) is 2.25. The van der Waals surface area contributed by atoms with E-state index in [1.807, 2.05) is 7.11 Å². The van der Waals surface area contributed by atoms with Crippen LogP contribution in [0.4, 0.5) is 0 Å². The first-order valence-corrected chi connectivity index (χ1v) is 5.51. The third-order valence-electron chi connectivity index (χ3n) is 3.34. The molecule has 0 bridgehead atoms. The molecule has 2 saturated heterocycles. The van der Waals surface area contributed by atoms with E-state index in [1.54, 1.807) is 0 Å². The summed E-state index contributed by atoms with van der Waals surface area (Å²) >= 11 is 0. The maximum Gasteiger partial charge on any atom is 0.0725 e. The molecule has 1 atom stereocenters. The minimum absolute atomic E-state index is 0.453. The molecule has 0 amide bonds. The van der Waals surface area contributed by atoms with Gasteiger partial charge in [0.2, 0.25) is 0 Å². The molecule has 2 rings (SSSR count). The van der Waals surface area contributed by atoms with Crippen LogP contribution in [0.5, 0.6) is 0 Å². The molecule has 82 valence electrons. The molecule has 0 aliphatic carbocycles. The van der Waals surface area contributed by atoms with Crippen molar-refractivity contribution in [2.45, 2.75) is 12.5 Å². The molecule has 0 aromatic heterocycles. The molecule has 4 nitrogen and oxygen atoms in total. The Hall–Kier alpha value is -0.160. The minimum Gasteiger partial charge on any atom is -0.380 e. The number of nitrogens with zero attached hydrogens (tertiary/aromatic N) is 3. The molecule has 0 saturated carbocycles. The van der Waals surface area contributed by atoms with E-state index in [9.17, 15) is 0 Å². The van der Waals surface area contributed by atoms with Gasteiger partial charge in [0, 0.05) is 46.4 Å². The normalized spacial score (nSPS) is 32.6. The molecule has 0 aromatic rings. The Morgan fingerprint density at radius 2 is 1.71 bits per heavy atom. The second-order valence-corrected chi connectivity index (χ2v) is 4.32. The standard InChI is InChI=1S/C10H21N3O/c1-11-5-7-12(8-6-11)13-4-3-10(9-13)14-2/h10H,3-9H2,1-2H3. The van der Waals surface area contributed by atoms with Crippen LogP contribution in [-0.4, -0.2) is 74.4 Å². The summed E-state index contributed by atoms with van der Waals surface area (Å²) in [6, 6.07) is 0. The highest BCUT2D eigenvalue weighted by atomic mass is 16.5. The van der Waals surface area contributed by atoms with Crippen molar-refractivity contribution >= 4 is 0 Å². The zero-order valence-corrected chi connectivity index (χ0v) is 9.28. The first-order valence-electron chi connectivity index (χ1n) is 5.51. The molecule has 0 N–H and O–H groups in total. The van der Waals surface area contributed by atoms with Gasteiger partial charge < -0.3 is 9.64 Å². The van der Waals surface area contributed by atoms with Gasteiger partial charge in [0.25, 0.3) is 0 Å². The monoisotopic (exact) mass is 199 g/mol. The topological polar surface area (TPSA) is 19.0 Å². The average Bonchev–Trinajstić information content (AvgIpc) is 2.67. The molecule has 2 aliphatic heterocycles. The van der Waals surface area contributed by atoms with Crippen molar-refractivity contribution in [1.82, 2.24) is 14.9 Å². The zero-order chi connectivity index (χ0) is 9.97. The summed E-state index contributed by atoms with van der Waals surface area (Å²) in [6.45, 7) is 6.98. The van der Waals surface area contributed by atoms with Crippen molar-refractivity contribution < 1.29 is 4.74 Å². The fraction of sp³-hybridized carbons (Fsp3) is 1.00. The maximum atomic E-state index is 5.37. The Labute approximate surface area is 86.4 Å². The van der Waals surface area contributed by atoms with Crippen LogP contribution in [0.25, 0.3) is 0 Å². The van der Waals surface area contributed by atoms with E-state index in [4.69, 9.17) is 4.74 Å². The number of hydrogen-bond donors (Lipinski definition) is 0. The van der Waals surface area contributed by atoms with Gasteiger partial charge in [-0.25, -0.2) is 10.0 Å². The Balaban J connectivity index is 1.79. The lowest BCUT2D eigenvalue weighted by Gasteiger charge is -2.38. The first-order chi connectivity index (χ1) is 6.79. The van der Waals surface area contributed by atoms with E-state index in [0.717, 1.165) is 6.54 Å². The molecule has 1 unspecified atom stereocenters. The summed E-state index contributed by atoms with van der Waals surface area (Å²) in [5.74, 6) is 0. The SMILES string of the molecule is COC1CCN(N2CCN(C)CC2)C1. The smallest absolute Gasteiger partial charge is 0.0725 e. The Kier molecular flexibility index (Phi) is 3.38. The van der Waals surface area contributed by atoms with Crippen LogP contribution in [0.1, 0.15) is 6.42 Å². The second kappa shape index (κ2) is 4.57. The van der Waals surface area contributed by atoms with E-state index in [-0.39, 0.29) is 0 Å². The van der Waals surface area contributed by atoms with Crippen molar-refractivity contribution in [2.75, 3.05) is 53.4 Å². The van der Waals surface area contributed by atoms with Crippen LogP contribution in [0, 0.1) is 0 Å². The fourth-order valence-electron chi connectivity index (χ4n) is 2.24. The molecule has 2 aliphatic rings. The zero-order valence-electron chi connectivity index (χ0n) is 9.28. The highest BCUT2D eigenvalue weighted by Gasteiger charge is 2.28. The number of piperazine rings is 1. The number of methoxy groups -OCH3 is 1. The number of rotatable bonds is 2. The van der Waals surface area contributed by atoms with Crippen molar-refractivity contribution in [1.29, 1.82) is 0 Å². The van der Waals surface area contributed by atoms with Gasteiger partial charge in [0.05, 0.1) is 6.10 Å². The lowest BCUT2D eigenvalue weighted by Crippen LogP contribution is -2.52. The van der Waals surface area contributed by atoms with Crippen LogP contribution in [0.2, 0.25) is 0 Å². The molecule has 0 aromatic carbocycles. The molecular weight excluding hydrogens is 178 g/mol. The largest absolute Gasteiger partial charge is 0.380 e. The third-order valence-corrected chi connectivity index (χ3v) is 3.34. The van der Waals surface area contributed by atoms with Gasteiger partial charge >= 0.3 is 0 Å². The molecular formula is C10H21N3O. The van der Waals surface area contributed by atoms with E-state index in [2.05, 4.69) is 22.0 Å². The molecule has 0 radical (unpaired) electrons. The van der Waals surface area contributed by atoms with Gasteiger partial charge in [-0.2, -0.15) is 0 Å². The van der Waals surface area contributed by atoms with Crippen LogP contribution >= 0.6 is 0 Å². The molecule has 14 heavy (non-hydrogen) atoms. The first kappa shape index (κ1) is 10.4. The maximum absolute atomic E-state index is 5.37. The summed E-state index contributed by atoms with van der Waals surface area (Å²) in [4.78, 5) is 2.39. The van der Waals surface area contributed by atoms with Crippen LogP contribution in [0.15, 0.2) is 0 Å². The minimum atomic E-state index is 0.453. The summed E-state index contributed by atoms with van der Waals surface area (Å²) in [7, 11) is 4.01. The number of likely N-dealkylation sites (N-methyl/N-ethyl adjacent to an activating group) is 1. The number of hydrogen-bond acceptors (Lipinski definition) is 4. The lowest BCUT2D eigenvalue weighted by atomic mass is 10.3. The Morgan fingerprint density at radius 1 is 1.00 bits per heavy atom. The number of ether oxygens (including phenoxy) is 1. The summed E-state index contributed by atoms with van der Waals surface area (Å²) in [6.07, 6.45) is 1.64. The lowest BCUT2D eigenvalue weighted by molar-refractivity contribution is -0.0454.